The van der Waals surface area contributed by atoms with Crippen molar-refractivity contribution in [1.82, 2.24) is 0 Å². The highest BCUT2D eigenvalue weighted by Crippen LogP contribution is 2.44. The van der Waals surface area contributed by atoms with Gasteiger partial charge < -0.3 is 4.74 Å². The van der Waals surface area contributed by atoms with Crippen molar-refractivity contribution in [3.63, 3.8) is 0 Å². The predicted octanol–water partition coefficient (Wildman–Crippen LogP) is 3.98. The van der Waals surface area contributed by atoms with Crippen LogP contribution in [0, 0.1) is 5.92 Å². The van der Waals surface area contributed by atoms with E-state index in [4.69, 9.17) is 4.74 Å². The van der Waals surface area contributed by atoms with Gasteiger partial charge in [-0.2, -0.15) is 0 Å². The summed E-state index contributed by atoms with van der Waals surface area (Å²) >= 11 is 3.42. The predicted molar refractivity (Wildman–Crippen MR) is 73.7 cm³/mol. The zero-order valence-corrected chi connectivity index (χ0v) is 11.9. The SMILES string of the molecule is O=C(c1cccc(Br)c1)C1CCOC2(CCC2)C1. The van der Waals surface area contributed by atoms with Crippen LogP contribution in [0.5, 0.6) is 0 Å². The molecular formula is C15H17BrO2. The van der Waals surface area contributed by atoms with Crippen LogP contribution in [0.2, 0.25) is 0 Å². The number of benzene rings is 1. The Labute approximate surface area is 116 Å². The van der Waals surface area contributed by atoms with Crippen LogP contribution in [-0.4, -0.2) is 18.0 Å². The van der Waals surface area contributed by atoms with Crippen molar-refractivity contribution in [2.45, 2.75) is 37.7 Å². The van der Waals surface area contributed by atoms with Crippen LogP contribution in [-0.2, 0) is 4.74 Å². The molecule has 2 nitrogen and oxygen atoms in total. The fourth-order valence-electron chi connectivity index (χ4n) is 3.05. The lowest BCUT2D eigenvalue weighted by Gasteiger charge is -2.46. The van der Waals surface area contributed by atoms with Gasteiger partial charge in [0.25, 0.3) is 0 Å². The van der Waals surface area contributed by atoms with Crippen molar-refractivity contribution in [3.8, 4) is 0 Å². The van der Waals surface area contributed by atoms with Crippen LogP contribution in [0.1, 0.15) is 42.5 Å². The van der Waals surface area contributed by atoms with Crippen molar-refractivity contribution in [2.24, 2.45) is 5.92 Å². The smallest absolute Gasteiger partial charge is 0.166 e. The number of ketones is 1. The summed E-state index contributed by atoms with van der Waals surface area (Å²) in [6.45, 7) is 0.740. The summed E-state index contributed by atoms with van der Waals surface area (Å²) in [4.78, 5) is 12.5. The Balaban J connectivity index is 1.76. The molecule has 1 aliphatic carbocycles. The Morgan fingerprint density at radius 1 is 1.39 bits per heavy atom. The molecule has 1 atom stereocenters. The molecule has 0 bridgehead atoms. The lowest BCUT2D eigenvalue weighted by atomic mass is 9.70. The number of carbonyl (C=O) groups excluding carboxylic acids is 1. The number of rotatable bonds is 2. The molecule has 0 aromatic heterocycles. The maximum Gasteiger partial charge on any atom is 0.166 e. The summed E-state index contributed by atoms with van der Waals surface area (Å²) in [6, 6.07) is 7.71. The van der Waals surface area contributed by atoms with Gasteiger partial charge in [-0.15, -0.1) is 0 Å². The second-order valence-electron chi connectivity index (χ2n) is 5.45. The molecule has 2 fully saturated rings. The lowest BCUT2D eigenvalue weighted by molar-refractivity contribution is -0.137. The number of carbonyl (C=O) groups is 1. The standard InChI is InChI=1S/C15H17BrO2/c16-13-4-1-3-11(9-13)14(17)12-5-8-18-15(10-12)6-2-7-15/h1,3-4,9,12H,2,5-8,10H2. The second kappa shape index (κ2) is 4.78. The van der Waals surface area contributed by atoms with Gasteiger partial charge in [0, 0.05) is 22.6 Å². The highest BCUT2D eigenvalue weighted by Gasteiger charge is 2.44. The van der Waals surface area contributed by atoms with Crippen LogP contribution in [0.25, 0.3) is 0 Å². The monoisotopic (exact) mass is 308 g/mol. The van der Waals surface area contributed by atoms with Gasteiger partial charge in [-0.05, 0) is 44.2 Å². The average molecular weight is 309 g/mol. The summed E-state index contributed by atoms with van der Waals surface area (Å²) in [5.74, 6) is 0.430. The maximum atomic E-state index is 12.5. The molecule has 1 aromatic rings. The van der Waals surface area contributed by atoms with E-state index in [0.29, 0.717) is 0 Å². The largest absolute Gasteiger partial charge is 0.375 e. The first-order valence-corrected chi connectivity index (χ1v) is 7.42. The Hall–Kier alpha value is -0.670. The number of hydrogen-bond acceptors (Lipinski definition) is 2. The minimum absolute atomic E-state index is 0.0462. The van der Waals surface area contributed by atoms with Crippen molar-refractivity contribution in [1.29, 1.82) is 0 Å². The van der Waals surface area contributed by atoms with Gasteiger partial charge >= 0.3 is 0 Å². The molecule has 1 saturated carbocycles. The van der Waals surface area contributed by atoms with Crippen LogP contribution < -0.4 is 0 Å². The number of Topliss-reactive ketones (excluding diaryl/α,β-unsaturated/α-hetero) is 1. The molecule has 1 unspecified atom stereocenters. The van der Waals surface area contributed by atoms with E-state index >= 15 is 0 Å². The van der Waals surface area contributed by atoms with Gasteiger partial charge in [-0.3, -0.25) is 4.79 Å². The van der Waals surface area contributed by atoms with E-state index < -0.39 is 0 Å². The Morgan fingerprint density at radius 2 is 2.22 bits per heavy atom. The molecule has 1 heterocycles. The molecule has 2 aliphatic rings. The third-order valence-electron chi connectivity index (χ3n) is 4.24. The zero-order chi connectivity index (χ0) is 12.6. The molecule has 3 heteroatoms. The molecule has 1 aliphatic heterocycles. The first kappa shape index (κ1) is 12.4. The zero-order valence-electron chi connectivity index (χ0n) is 10.3. The molecule has 1 aromatic carbocycles. The van der Waals surface area contributed by atoms with Crippen LogP contribution in [0.4, 0.5) is 0 Å². The van der Waals surface area contributed by atoms with E-state index in [-0.39, 0.29) is 17.3 Å². The van der Waals surface area contributed by atoms with Crippen molar-refractivity contribution >= 4 is 21.7 Å². The highest BCUT2D eigenvalue weighted by atomic mass is 79.9. The average Bonchev–Trinajstić information content (AvgIpc) is 2.36. The highest BCUT2D eigenvalue weighted by molar-refractivity contribution is 9.10. The molecule has 0 radical (unpaired) electrons. The van der Waals surface area contributed by atoms with E-state index in [2.05, 4.69) is 15.9 Å². The van der Waals surface area contributed by atoms with Gasteiger partial charge in [-0.1, -0.05) is 28.1 Å². The number of hydrogen-bond donors (Lipinski definition) is 0. The molecule has 96 valence electrons. The number of ether oxygens (including phenoxy) is 1. The Morgan fingerprint density at radius 3 is 2.89 bits per heavy atom. The summed E-state index contributed by atoms with van der Waals surface area (Å²) in [5, 5.41) is 0. The summed E-state index contributed by atoms with van der Waals surface area (Å²) in [5.41, 5.74) is 0.871. The fourth-order valence-corrected chi connectivity index (χ4v) is 3.45. The van der Waals surface area contributed by atoms with Gasteiger partial charge in [0.15, 0.2) is 5.78 Å². The topological polar surface area (TPSA) is 26.3 Å². The van der Waals surface area contributed by atoms with E-state index in [1.165, 1.54) is 6.42 Å². The Bertz CT molecular complexity index is 465. The maximum absolute atomic E-state index is 12.5. The van der Waals surface area contributed by atoms with Gasteiger partial charge in [-0.25, -0.2) is 0 Å². The van der Waals surface area contributed by atoms with Gasteiger partial charge in [0.2, 0.25) is 0 Å². The molecule has 0 amide bonds. The molecule has 18 heavy (non-hydrogen) atoms. The second-order valence-corrected chi connectivity index (χ2v) is 6.37. The minimum Gasteiger partial charge on any atom is -0.375 e. The minimum atomic E-state index is 0.0462. The lowest BCUT2D eigenvalue weighted by Crippen LogP contribution is -2.47. The van der Waals surface area contributed by atoms with E-state index in [1.54, 1.807) is 0 Å². The van der Waals surface area contributed by atoms with Crippen molar-refractivity contribution in [3.05, 3.63) is 34.3 Å². The fraction of sp³-hybridized carbons (Fsp3) is 0.533. The third kappa shape index (κ3) is 2.26. The first-order valence-electron chi connectivity index (χ1n) is 6.62. The summed E-state index contributed by atoms with van der Waals surface area (Å²) in [7, 11) is 0. The Kier molecular flexibility index (Phi) is 3.29. The van der Waals surface area contributed by atoms with E-state index in [0.717, 1.165) is 42.3 Å². The summed E-state index contributed by atoms with van der Waals surface area (Å²) < 4.78 is 6.85. The third-order valence-corrected chi connectivity index (χ3v) is 4.73. The first-order chi connectivity index (χ1) is 8.69. The molecule has 0 N–H and O–H groups in total. The molecule has 1 spiro atoms. The van der Waals surface area contributed by atoms with Gasteiger partial charge in [0.1, 0.15) is 0 Å². The van der Waals surface area contributed by atoms with Gasteiger partial charge in [0.05, 0.1) is 5.60 Å². The van der Waals surface area contributed by atoms with Crippen molar-refractivity contribution in [2.75, 3.05) is 6.61 Å². The van der Waals surface area contributed by atoms with Crippen LogP contribution in [0.3, 0.4) is 0 Å². The quantitative estimate of drug-likeness (QED) is 0.772. The van der Waals surface area contributed by atoms with E-state index in [9.17, 15) is 4.79 Å². The molecular weight excluding hydrogens is 292 g/mol. The van der Waals surface area contributed by atoms with Crippen LogP contribution >= 0.6 is 15.9 Å². The number of halogens is 1. The molecule has 3 rings (SSSR count). The summed E-state index contributed by atoms with van der Waals surface area (Å²) in [6.07, 6.45) is 5.30. The van der Waals surface area contributed by atoms with E-state index in [1.807, 2.05) is 24.3 Å². The van der Waals surface area contributed by atoms with Crippen molar-refractivity contribution < 1.29 is 9.53 Å². The molecule has 1 saturated heterocycles. The van der Waals surface area contributed by atoms with Crippen LogP contribution in [0.15, 0.2) is 28.7 Å². The normalized spacial score (nSPS) is 25.7.